The van der Waals surface area contributed by atoms with Gasteiger partial charge in [-0.15, -0.1) is 0 Å². The SMILES string of the molecule is CCNC(CCOCC1CCCCC1)C(=O)O. The Morgan fingerprint density at radius 3 is 2.71 bits per heavy atom. The fraction of sp³-hybridized carbons (Fsp3) is 0.923. The van der Waals surface area contributed by atoms with Gasteiger partial charge < -0.3 is 15.2 Å². The molecule has 100 valence electrons. The molecular formula is C13H25NO3. The van der Waals surface area contributed by atoms with Gasteiger partial charge in [-0.2, -0.15) is 0 Å². The second-order valence-electron chi connectivity index (χ2n) is 4.82. The topological polar surface area (TPSA) is 58.6 Å². The van der Waals surface area contributed by atoms with Crippen molar-refractivity contribution in [2.75, 3.05) is 19.8 Å². The van der Waals surface area contributed by atoms with Crippen LogP contribution in [0.4, 0.5) is 0 Å². The molecule has 0 aliphatic heterocycles. The molecule has 1 saturated carbocycles. The molecule has 1 fully saturated rings. The number of rotatable bonds is 8. The monoisotopic (exact) mass is 243 g/mol. The summed E-state index contributed by atoms with van der Waals surface area (Å²) in [6.45, 7) is 3.94. The van der Waals surface area contributed by atoms with Crippen molar-refractivity contribution in [2.45, 2.75) is 51.5 Å². The van der Waals surface area contributed by atoms with Crippen LogP contribution in [-0.4, -0.2) is 36.9 Å². The van der Waals surface area contributed by atoms with Crippen LogP contribution >= 0.6 is 0 Å². The van der Waals surface area contributed by atoms with Gasteiger partial charge >= 0.3 is 5.97 Å². The second-order valence-corrected chi connectivity index (χ2v) is 4.82. The van der Waals surface area contributed by atoms with Gasteiger partial charge in [0.1, 0.15) is 6.04 Å². The van der Waals surface area contributed by atoms with Gasteiger partial charge in [0, 0.05) is 13.2 Å². The number of likely N-dealkylation sites (N-methyl/N-ethyl adjacent to an activating group) is 1. The number of hydrogen-bond acceptors (Lipinski definition) is 3. The molecule has 2 N–H and O–H groups in total. The van der Waals surface area contributed by atoms with Crippen LogP contribution in [0.2, 0.25) is 0 Å². The van der Waals surface area contributed by atoms with Crippen molar-refractivity contribution in [2.24, 2.45) is 5.92 Å². The van der Waals surface area contributed by atoms with Gasteiger partial charge in [-0.1, -0.05) is 26.2 Å². The van der Waals surface area contributed by atoms with E-state index < -0.39 is 12.0 Å². The zero-order chi connectivity index (χ0) is 12.5. The number of nitrogens with one attached hydrogen (secondary N) is 1. The second kappa shape index (κ2) is 8.48. The highest BCUT2D eigenvalue weighted by Gasteiger charge is 2.16. The van der Waals surface area contributed by atoms with Gasteiger partial charge in [-0.25, -0.2) is 0 Å². The van der Waals surface area contributed by atoms with E-state index in [2.05, 4.69) is 5.32 Å². The Labute approximate surface area is 104 Å². The Kier molecular flexibility index (Phi) is 7.21. The largest absolute Gasteiger partial charge is 0.480 e. The molecule has 0 radical (unpaired) electrons. The number of carbonyl (C=O) groups is 1. The van der Waals surface area contributed by atoms with E-state index in [4.69, 9.17) is 9.84 Å². The molecular weight excluding hydrogens is 218 g/mol. The molecule has 0 heterocycles. The summed E-state index contributed by atoms with van der Waals surface area (Å²) in [6, 6.07) is -0.466. The van der Waals surface area contributed by atoms with E-state index in [0.717, 1.165) is 6.61 Å². The fourth-order valence-electron chi connectivity index (χ4n) is 2.36. The molecule has 0 aromatic rings. The molecule has 4 nitrogen and oxygen atoms in total. The maximum atomic E-state index is 10.9. The van der Waals surface area contributed by atoms with E-state index in [-0.39, 0.29) is 0 Å². The van der Waals surface area contributed by atoms with Crippen LogP contribution in [0.1, 0.15) is 45.4 Å². The average molecular weight is 243 g/mol. The maximum Gasteiger partial charge on any atom is 0.320 e. The maximum absolute atomic E-state index is 10.9. The van der Waals surface area contributed by atoms with Crippen molar-refractivity contribution >= 4 is 5.97 Å². The summed E-state index contributed by atoms with van der Waals surface area (Å²) in [6.07, 6.45) is 7.10. The van der Waals surface area contributed by atoms with E-state index in [9.17, 15) is 4.79 Å². The lowest BCUT2D eigenvalue weighted by Crippen LogP contribution is -2.37. The standard InChI is InChI=1S/C13H25NO3/c1-2-14-12(13(15)16)8-9-17-10-11-6-4-3-5-7-11/h11-12,14H,2-10H2,1H3,(H,15,16). The Morgan fingerprint density at radius 2 is 2.12 bits per heavy atom. The predicted octanol–water partition coefficient (Wildman–Crippen LogP) is 2.04. The van der Waals surface area contributed by atoms with Gasteiger partial charge in [-0.05, 0) is 31.7 Å². The number of hydrogen-bond donors (Lipinski definition) is 2. The van der Waals surface area contributed by atoms with Crippen LogP contribution in [-0.2, 0) is 9.53 Å². The third kappa shape index (κ3) is 6.03. The third-order valence-corrected chi connectivity index (χ3v) is 3.38. The lowest BCUT2D eigenvalue weighted by Gasteiger charge is -2.21. The summed E-state index contributed by atoms with van der Waals surface area (Å²) in [7, 11) is 0. The number of carboxylic acids is 1. The first-order valence-corrected chi connectivity index (χ1v) is 6.78. The average Bonchev–Trinajstić information content (AvgIpc) is 2.34. The number of carboxylic acid groups (broad SMARTS) is 1. The van der Waals surface area contributed by atoms with E-state index in [1.165, 1.54) is 32.1 Å². The minimum Gasteiger partial charge on any atom is -0.480 e. The summed E-state index contributed by atoms with van der Waals surface area (Å²) in [5.74, 6) is -0.0840. The molecule has 4 heteroatoms. The highest BCUT2D eigenvalue weighted by Crippen LogP contribution is 2.23. The smallest absolute Gasteiger partial charge is 0.320 e. The van der Waals surface area contributed by atoms with Crippen molar-refractivity contribution in [3.63, 3.8) is 0 Å². The molecule has 0 spiro atoms. The molecule has 0 bridgehead atoms. The molecule has 0 amide bonds. The summed E-state index contributed by atoms with van der Waals surface area (Å²) < 4.78 is 5.60. The number of ether oxygens (including phenoxy) is 1. The van der Waals surface area contributed by atoms with Crippen LogP contribution in [0.3, 0.4) is 0 Å². The van der Waals surface area contributed by atoms with Crippen molar-refractivity contribution in [3.8, 4) is 0 Å². The first kappa shape index (κ1) is 14.5. The van der Waals surface area contributed by atoms with E-state index in [1.54, 1.807) is 0 Å². The lowest BCUT2D eigenvalue weighted by atomic mass is 9.90. The molecule has 0 aromatic carbocycles. The van der Waals surface area contributed by atoms with E-state index >= 15 is 0 Å². The van der Waals surface area contributed by atoms with Crippen molar-refractivity contribution < 1.29 is 14.6 Å². The molecule has 0 saturated heterocycles. The normalized spacial score (nSPS) is 19.1. The van der Waals surface area contributed by atoms with Crippen LogP contribution < -0.4 is 5.32 Å². The fourth-order valence-corrected chi connectivity index (χ4v) is 2.36. The Morgan fingerprint density at radius 1 is 1.41 bits per heavy atom. The molecule has 1 aliphatic rings. The molecule has 1 atom stereocenters. The van der Waals surface area contributed by atoms with Crippen LogP contribution in [0.15, 0.2) is 0 Å². The number of aliphatic carboxylic acids is 1. The first-order valence-electron chi connectivity index (χ1n) is 6.78. The van der Waals surface area contributed by atoms with Gasteiger partial charge in [0.15, 0.2) is 0 Å². The molecule has 1 rings (SSSR count). The van der Waals surface area contributed by atoms with Crippen LogP contribution in [0, 0.1) is 5.92 Å². The van der Waals surface area contributed by atoms with Crippen molar-refractivity contribution in [3.05, 3.63) is 0 Å². The van der Waals surface area contributed by atoms with Crippen LogP contribution in [0.5, 0.6) is 0 Å². The quantitative estimate of drug-likeness (QED) is 0.640. The van der Waals surface area contributed by atoms with Gasteiger partial charge in [-0.3, -0.25) is 4.79 Å². The minimum atomic E-state index is -0.784. The molecule has 0 aromatic heterocycles. The van der Waals surface area contributed by atoms with Crippen LogP contribution in [0.25, 0.3) is 0 Å². The Hall–Kier alpha value is -0.610. The lowest BCUT2D eigenvalue weighted by molar-refractivity contribution is -0.140. The Bertz CT molecular complexity index is 215. The van der Waals surface area contributed by atoms with E-state index in [0.29, 0.717) is 25.5 Å². The summed E-state index contributed by atoms with van der Waals surface area (Å²) >= 11 is 0. The summed E-state index contributed by atoms with van der Waals surface area (Å²) in [4.78, 5) is 10.9. The molecule has 17 heavy (non-hydrogen) atoms. The zero-order valence-electron chi connectivity index (χ0n) is 10.8. The summed E-state index contributed by atoms with van der Waals surface area (Å²) in [5.41, 5.74) is 0. The third-order valence-electron chi connectivity index (χ3n) is 3.38. The highest BCUT2D eigenvalue weighted by atomic mass is 16.5. The van der Waals surface area contributed by atoms with Crippen molar-refractivity contribution in [1.29, 1.82) is 0 Å². The molecule has 1 unspecified atom stereocenters. The van der Waals surface area contributed by atoms with Gasteiger partial charge in [0.25, 0.3) is 0 Å². The first-order chi connectivity index (χ1) is 8.24. The van der Waals surface area contributed by atoms with Gasteiger partial charge in [0.05, 0.1) is 0 Å². The highest BCUT2D eigenvalue weighted by molar-refractivity contribution is 5.73. The Balaban J connectivity index is 2.06. The minimum absolute atomic E-state index is 0.466. The zero-order valence-corrected chi connectivity index (χ0v) is 10.8. The van der Waals surface area contributed by atoms with E-state index in [1.807, 2.05) is 6.92 Å². The molecule has 1 aliphatic carbocycles. The predicted molar refractivity (Wildman–Crippen MR) is 67.1 cm³/mol. The van der Waals surface area contributed by atoms with Gasteiger partial charge in [0.2, 0.25) is 0 Å². The van der Waals surface area contributed by atoms with Crippen molar-refractivity contribution in [1.82, 2.24) is 5.32 Å². The summed E-state index contributed by atoms with van der Waals surface area (Å²) in [5, 5.41) is 11.9.